The highest BCUT2D eigenvalue weighted by atomic mass is 16.2. The zero-order chi connectivity index (χ0) is 12.4. The molecule has 1 aliphatic heterocycles. The van der Waals surface area contributed by atoms with Gasteiger partial charge in [0.2, 0.25) is 11.8 Å². The van der Waals surface area contributed by atoms with Gasteiger partial charge in [0.1, 0.15) is 0 Å². The number of amides is 2. The van der Waals surface area contributed by atoms with Crippen LogP contribution in [0.2, 0.25) is 0 Å². The maximum Gasteiger partial charge on any atom is 0.233 e. The van der Waals surface area contributed by atoms with Gasteiger partial charge in [0.05, 0.1) is 17.9 Å². The second-order valence-electron chi connectivity index (χ2n) is 5.05. The Labute approximate surface area is 102 Å². The van der Waals surface area contributed by atoms with Crippen LogP contribution in [0.4, 0.5) is 0 Å². The molecule has 2 fully saturated rings. The molecule has 1 aliphatic carbocycles. The zero-order valence-electron chi connectivity index (χ0n) is 10.2. The van der Waals surface area contributed by atoms with Crippen molar-refractivity contribution in [3.63, 3.8) is 0 Å². The largest absolute Gasteiger partial charge is 0.282 e. The SMILES string of the molecule is CCC1CC2C(=O)N(CCCC#N)C(=O)C2C1. The van der Waals surface area contributed by atoms with Crippen LogP contribution in [-0.2, 0) is 9.59 Å². The summed E-state index contributed by atoms with van der Waals surface area (Å²) in [5.41, 5.74) is 0. The third-order valence-electron chi connectivity index (χ3n) is 4.07. The van der Waals surface area contributed by atoms with E-state index in [2.05, 4.69) is 6.92 Å². The molecule has 2 amide bonds. The van der Waals surface area contributed by atoms with Gasteiger partial charge >= 0.3 is 0 Å². The fourth-order valence-electron chi connectivity index (χ4n) is 3.07. The molecule has 4 nitrogen and oxygen atoms in total. The molecule has 1 heterocycles. The number of nitriles is 1. The lowest BCUT2D eigenvalue weighted by molar-refractivity contribution is -0.140. The summed E-state index contributed by atoms with van der Waals surface area (Å²) < 4.78 is 0. The van der Waals surface area contributed by atoms with Gasteiger partial charge in [-0.2, -0.15) is 5.26 Å². The maximum atomic E-state index is 12.1. The molecule has 2 rings (SSSR count). The first-order valence-electron chi connectivity index (χ1n) is 6.41. The lowest BCUT2D eigenvalue weighted by Crippen LogP contribution is -2.33. The van der Waals surface area contributed by atoms with Crippen molar-refractivity contribution < 1.29 is 9.59 Å². The molecule has 0 aromatic rings. The summed E-state index contributed by atoms with van der Waals surface area (Å²) in [6.07, 6.45) is 3.82. The number of fused-ring (bicyclic) bond motifs is 1. The number of rotatable bonds is 4. The molecule has 0 N–H and O–H groups in total. The van der Waals surface area contributed by atoms with E-state index >= 15 is 0 Å². The van der Waals surface area contributed by atoms with E-state index in [1.54, 1.807) is 0 Å². The number of carbonyl (C=O) groups is 2. The van der Waals surface area contributed by atoms with Gasteiger partial charge in [0, 0.05) is 13.0 Å². The summed E-state index contributed by atoms with van der Waals surface area (Å²) in [4.78, 5) is 25.5. The van der Waals surface area contributed by atoms with Gasteiger partial charge in [-0.1, -0.05) is 13.3 Å². The molecule has 0 bridgehead atoms. The molecule has 1 saturated heterocycles. The van der Waals surface area contributed by atoms with E-state index in [0.717, 1.165) is 19.3 Å². The molecule has 4 heteroatoms. The molecule has 0 spiro atoms. The van der Waals surface area contributed by atoms with Crippen LogP contribution in [0.3, 0.4) is 0 Å². The Hall–Kier alpha value is -1.37. The number of likely N-dealkylation sites (tertiary alicyclic amines) is 1. The summed E-state index contributed by atoms with van der Waals surface area (Å²) in [7, 11) is 0. The highest BCUT2D eigenvalue weighted by Gasteiger charge is 2.51. The first-order valence-corrected chi connectivity index (χ1v) is 6.41. The van der Waals surface area contributed by atoms with Crippen LogP contribution >= 0.6 is 0 Å². The van der Waals surface area contributed by atoms with E-state index in [-0.39, 0.29) is 23.7 Å². The molecule has 0 aromatic carbocycles. The average molecular weight is 234 g/mol. The Morgan fingerprint density at radius 2 is 1.88 bits per heavy atom. The summed E-state index contributed by atoms with van der Waals surface area (Å²) in [6, 6.07) is 2.04. The van der Waals surface area contributed by atoms with Crippen molar-refractivity contribution in [1.29, 1.82) is 5.26 Å². The molecule has 17 heavy (non-hydrogen) atoms. The minimum Gasteiger partial charge on any atom is -0.282 e. The van der Waals surface area contributed by atoms with Gasteiger partial charge in [-0.3, -0.25) is 14.5 Å². The third-order valence-corrected chi connectivity index (χ3v) is 4.07. The van der Waals surface area contributed by atoms with Crippen molar-refractivity contribution in [3.05, 3.63) is 0 Å². The third kappa shape index (κ3) is 2.06. The predicted octanol–water partition coefficient (Wildman–Crippen LogP) is 1.71. The molecule has 2 aliphatic rings. The van der Waals surface area contributed by atoms with Gasteiger partial charge in [-0.15, -0.1) is 0 Å². The van der Waals surface area contributed by atoms with E-state index in [1.165, 1.54) is 4.90 Å². The van der Waals surface area contributed by atoms with Gasteiger partial charge < -0.3 is 0 Å². The van der Waals surface area contributed by atoms with Crippen LogP contribution in [0.1, 0.15) is 39.0 Å². The fraction of sp³-hybridized carbons (Fsp3) is 0.769. The molecule has 2 unspecified atom stereocenters. The van der Waals surface area contributed by atoms with E-state index in [9.17, 15) is 9.59 Å². The normalized spacial score (nSPS) is 31.8. The Bertz CT molecular complexity index is 348. The van der Waals surface area contributed by atoms with Crippen LogP contribution in [0.5, 0.6) is 0 Å². The first-order chi connectivity index (χ1) is 8.19. The number of carbonyl (C=O) groups excluding carboxylic acids is 2. The van der Waals surface area contributed by atoms with Crippen molar-refractivity contribution in [2.75, 3.05) is 6.54 Å². The molecular weight excluding hydrogens is 216 g/mol. The average Bonchev–Trinajstić information content (AvgIpc) is 2.84. The van der Waals surface area contributed by atoms with Crippen molar-refractivity contribution in [2.45, 2.75) is 39.0 Å². The van der Waals surface area contributed by atoms with E-state index in [0.29, 0.717) is 25.3 Å². The van der Waals surface area contributed by atoms with Gasteiger partial charge in [0.15, 0.2) is 0 Å². The standard InChI is InChI=1S/C13H18N2O2/c1-2-9-7-10-11(8-9)13(17)15(12(10)16)6-4-3-5-14/h9-11H,2-4,6-8H2,1H3. The predicted molar refractivity (Wildman–Crippen MR) is 61.6 cm³/mol. The maximum absolute atomic E-state index is 12.1. The van der Waals surface area contributed by atoms with Crippen LogP contribution in [0.25, 0.3) is 0 Å². The van der Waals surface area contributed by atoms with Crippen molar-refractivity contribution in [3.8, 4) is 6.07 Å². The Balaban J connectivity index is 1.99. The number of hydrogen-bond acceptors (Lipinski definition) is 3. The van der Waals surface area contributed by atoms with E-state index in [4.69, 9.17) is 5.26 Å². The van der Waals surface area contributed by atoms with Crippen LogP contribution in [0.15, 0.2) is 0 Å². The Kier molecular flexibility index (Phi) is 3.46. The Morgan fingerprint density at radius 1 is 1.29 bits per heavy atom. The smallest absolute Gasteiger partial charge is 0.233 e. The van der Waals surface area contributed by atoms with Gasteiger partial charge in [0.25, 0.3) is 0 Å². The quantitative estimate of drug-likeness (QED) is 0.549. The second kappa shape index (κ2) is 4.87. The summed E-state index contributed by atoms with van der Waals surface area (Å²) in [6.45, 7) is 2.54. The number of unbranched alkanes of at least 4 members (excludes halogenated alkanes) is 1. The van der Waals surface area contributed by atoms with Crippen LogP contribution < -0.4 is 0 Å². The van der Waals surface area contributed by atoms with E-state index in [1.807, 2.05) is 6.07 Å². The lowest BCUT2D eigenvalue weighted by Gasteiger charge is -2.16. The molecule has 0 radical (unpaired) electrons. The summed E-state index contributed by atoms with van der Waals surface area (Å²) in [5.74, 6) is 0.436. The van der Waals surface area contributed by atoms with Crippen molar-refractivity contribution in [2.24, 2.45) is 17.8 Å². The number of hydrogen-bond donors (Lipinski definition) is 0. The lowest BCUT2D eigenvalue weighted by atomic mass is 10.00. The summed E-state index contributed by atoms with van der Waals surface area (Å²) >= 11 is 0. The van der Waals surface area contributed by atoms with E-state index < -0.39 is 0 Å². The molecule has 1 saturated carbocycles. The van der Waals surface area contributed by atoms with Gasteiger partial charge in [-0.05, 0) is 25.2 Å². The van der Waals surface area contributed by atoms with Crippen molar-refractivity contribution >= 4 is 11.8 Å². The monoisotopic (exact) mass is 234 g/mol. The topological polar surface area (TPSA) is 61.2 Å². The van der Waals surface area contributed by atoms with Crippen LogP contribution in [0, 0.1) is 29.1 Å². The highest BCUT2D eigenvalue weighted by molar-refractivity contribution is 6.05. The molecule has 0 aromatic heterocycles. The summed E-state index contributed by atoms with van der Waals surface area (Å²) in [5, 5.41) is 8.46. The second-order valence-corrected chi connectivity index (χ2v) is 5.05. The van der Waals surface area contributed by atoms with Crippen LogP contribution in [-0.4, -0.2) is 23.3 Å². The first kappa shape index (κ1) is 12.1. The highest BCUT2D eigenvalue weighted by Crippen LogP contribution is 2.44. The number of nitrogens with zero attached hydrogens (tertiary/aromatic N) is 2. The minimum absolute atomic E-state index is 0.00823. The Morgan fingerprint density at radius 3 is 2.35 bits per heavy atom. The fourth-order valence-corrected chi connectivity index (χ4v) is 3.07. The molecule has 92 valence electrons. The van der Waals surface area contributed by atoms with Gasteiger partial charge in [-0.25, -0.2) is 0 Å². The molecular formula is C13H18N2O2. The van der Waals surface area contributed by atoms with Crippen molar-refractivity contribution in [1.82, 2.24) is 4.90 Å². The zero-order valence-corrected chi connectivity index (χ0v) is 10.2. The number of imide groups is 1. The molecule has 2 atom stereocenters. The minimum atomic E-state index is -0.0606.